The second-order valence-corrected chi connectivity index (χ2v) is 5.45. The molecular weight excluding hydrogens is 336 g/mol. The monoisotopic (exact) mass is 346 g/mol. The highest BCUT2D eigenvalue weighted by Gasteiger charge is 2.20. The Hall–Kier alpha value is -3.00. The zero-order valence-corrected chi connectivity index (χ0v) is 13.2. The first kappa shape index (κ1) is 15.9. The maximum Gasteiger partial charge on any atom is 0.289 e. The average molecular weight is 347 g/mol. The number of anilines is 1. The molecule has 0 bridgehead atoms. The number of aromatic nitrogens is 2. The van der Waals surface area contributed by atoms with E-state index in [9.17, 15) is 14.9 Å². The summed E-state index contributed by atoms with van der Waals surface area (Å²) in [4.78, 5) is 23.9. The summed E-state index contributed by atoms with van der Waals surface area (Å²) in [5.74, 6) is -0.278. The molecule has 3 rings (SSSR count). The van der Waals surface area contributed by atoms with Gasteiger partial charge in [0.1, 0.15) is 16.1 Å². The van der Waals surface area contributed by atoms with Gasteiger partial charge in [-0.1, -0.05) is 23.7 Å². The summed E-state index contributed by atoms with van der Waals surface area (Å²) in [7, 11) is 0. The van der Waals surface area contributed by atoms with Crippen LogP contribution in [-0.4, -0.2) is 21.1 Å². The molecule has 2 aromatic carbocycles. The quantitative estimate of drug-likeness (QED) is 0.530. The lowest BCUT2D eigenvalue weighted by Crippen LogP contribution is -2.28. The van der Waals surface area contributed by atoms with E-state index in [0.29, 0.717) is 22.3 Å². The molecule has 0 aliphatic rings. The third-order valence-corrected chi connectivity index (χ3v) is 3.84. The summed E-state index contributed by atoms with van der Waals surface area (Å²) in [6.45, 7) is 1.54. The summed E-state index contributed by atoms with van der Waals surface area (Å²) in [5.41, 5.74) is 1.92. The molecule has 0 aliphatic carbocycles. The van der Waals surface area contributed by atoms with Crippen LogP contribution in [0.2, 0.25) is 5.02 Å². The summed E-state index contributed by atoms with van der Waals surface area (Å²) in [5, 5.41) is 18.6. The third kappa shape index (κ3) is 2.91. The van der Waals surface area contributed by atoms with Crippen LogP contribution in [0.4, 0.5) is 11.4 Å². The number of nitro groups is 1. The van der Waals surface area contributed by atoms with Crippen LogP contribution in [0, 0.1) is 10.1 Å². The summed E-state index contributed by atoms with van der Waals surface area (Å²) in [6, 6.07) is 9.50. The maximum absolute atomic E-state index is 12.1. The number of hydrogen-bond donors (Lipinski definition) is 0. The van der Waals surface area contributed by atoms with Crippen LogP contribution in [0.3, 0.4) is 0 Å². The highest BCUT2D eigenvalue weighted by atomic mass is 35.5. The molecule has 9 heteroatoms. The van der Waals surface area contributed by atoms with Gasteiger partial charge in [-0.25, -0.2) is 4.63 Å². The molecule has 122 valence electrons. The van der Waals surface area contributed by atoms with Crippen LogP contribution in [0.5, 0.6) is 0 Å². The highest BCUT2D eigenvalue weighted by Crippen LogP contribution is 2.30. The number of benzene rings is 2. The van der Waals surface area contributed by atoms with Crippen LogP contribution < -0.4 is 4.90 Å². The van der Waals surface area contributed by atoms with Gasteiger partial charge < -0.3 is 4.90 Å². The first-order chi connectivity index (χ1) is 11.5. The molecule has 0 saturated heterocycles. The Morgan fingerprint density at radius 1 is 1.33 bits per heavy atom. The molecule has 8 nitrogen and oxygen atoms in total. The molecule has 3 aromatic rings. The van der Waals surface area contributed by atoms with Crippen LogP contribution in [0.25, 0.3) is 11.0 Å². The number of rotatable bonds is 4. The maximum atomic E-state index is 12.1. The normalized spacial score (nSPS) is 10.8. The Kier molecular flexibility index (Phi) is 4.13. The smallest absolute Gasteiger partial charge is 0.289 e. The Balaban J connectivity index is 2.02. The van der Waals surface area contributed by atoms with Crippen molar-refractivity contribution in [2.75, 3.05) is 4.90 Å². The lowest BCUT2D eigenvalue weighted by Gasteiger charge is -2.21. The Morgan fingerprint density at radius 2 is 2.12 bits per heavy atom. The van der Waals surface area contributed by atoms with E-state index in [1.165, 1.54) is 24.0 Å². The minimum Gasteiger partial charge on any atom is -0.308 e. The second-order valence-electron chi connectivity index (χ2n) is 5.05. The van der Waals surface area contributed by atoms with Crippen molar-refractivity contribution in [3.05, 3.63) is 57.1 Å². The second kappa shape index (κ2) is 6.25. The van der Waals surface area contributed by atoms with Gasteiger partial charge in [0.05, 0.1) is 17.2 Å². The zero-order chi connectivity index (χ0) is 17.3. The van der Waals surface area contributed by atoms with Crippen LogP contribution in [0.15, 0.2) is 41.0 Å². The van der Waals surface area contributed by atoms with Crippen molar-refractivity contribution in [3.63, 3.8) is 0 Å². The van der Waals surface area contributed by atoms with Crippen molar-refractivity contribution < 1.29 is 14.3 Å². The fourth-order valence-electron chi connectivity index (χ4n) is 2.35. The third-order valence-electron chi connectivity index (χ3n) is 3.52. The van der Waals surface area contributed by atoms with Crippen LogP contribution in [-0.2, 0) is 11.3 Å². The van der Waals surface area contributed by atoms with Gasteiger partial charge in [0.2, 0.25) is 5.91 Å². The van der Waals surface area contributed by atoms with E-state index in [2.05, 4.69) is 10.3 Å². The molecule has 24 heavy (non-hydrogen) atoms. The van der Waals surface area contributed by atoms with Gasteiger partial charge in [-0.3, -0.25) is 14.9 Å². The number of carbonyl (C=O) groups excluding carboxylic acids is 1. The molecule has 0 radical (unpaired) electrons. The fraction of sp³-hybridized carbons (Fsp3) is 0.133. The molecule has 1 aromatic heterocycles. The van der Waals surface area contributed by atoms with Crippen LogP contribution >= 0.6 is 11.6 Å². The lowest BCUT2D eigenvalue weighted by atomic mass is 10.1. The highest BCUT2D eigenvalue weighted by molar-refractivity contribution is 6.32. The van der Waals surface area contributed by atoms with E-state index in [0.717, 1.165) is 0 Å². The molecule has 0 spiro atoms. The minimum absolute atomic E-state index is 0.00931. The van der Waals surface area contributed by atoms with E-state index >= 15 is 0 Å². The largest absolute Gasteiger partial charge is 0.308 e. The van der Waals surface area contributed by atoms with Crippen molar-refractivity contribution in [2.45, 2.75) is 13.5 Å². The predicted molar refractivity (Wildman–Crippen MR) is 86.8 cm³/mol. The first-order valence-corrected chi connectivity index (χ1v) is 7.27. The first-order valence-electron chi connectivity index (χ1n) is 6.89. The Bertz CT molecular complexity index is 940. The predicted octanol–water partition coefficient (Wildman–Crippen LogP) is 3.34. The summed E-state index contributed by atoms with van der Waals surface area (Å²) < 4.78 is 4.71. The zero-order valence-electron chi connectivity index (χ0n) is 12.5. The van der Waals surface area contributed by atoms with E-state index in [1.807, 2.05) is 0 Å². The molecule has 0 unspecified atom stereocenters. The Labute approximate surface area is 140 Å². The van der Waals surface area contributed by atoms with E-state index < -0.39 is 4.92 Å². The van der Waals surface area contributed by atoms with Gasteiger partial charge in [-0.2, -0.15) is 0 Å². The topological polar surface area (TPSA) is 102 Å². The van der Waals surface area contributed by atoms with Gasteiger partial charge >= 0.3 is 0 Å². The van der Waals surface area contributed by atoms with Crippen molar-refractivity contribution in [2.24, 2.45) is 0 Å². The Morgan fingerprint density at radius 3 is 2.83 bits per heavy atom. The number of hydrogen-bond acceptors (Lipinski definition) is 6. The number of nitro benzene ring substituents is 1. The number of amides is 1. The SMILES string of the molecule is CC(=O)N(Cc1cccc2nonc12)c1ccc(Cl)c([N+](=O)[O-])c1. The molecule has 0 atom stereocenters. The molecule has 0 saturated carbocycles. The van der Waals surface area contributed by atoms with Gasteiger partial charge in [0, 0.05) is 18.6 Å². The summed E-state index contributed by atoms with van der Waals surface area (Å²) >= 11 is 5.82. The molecular formula is C15H11ClN4O4. The standard InChI is InChI=1S/C15H11ClN4O4/c1-9(21)19(11-5-6-12(16)14(7-11)20(22)23)8-10-3-2-4-13-15(10)18-24-17-13/h2-7H,8H2,1H3. The molecule has 0 fully saturated rings. The van der Waals surface area contributed by atoms with E-state index in [1.54, 1.807) is 24.3 Å². The van der Waals surface area contributed by atoms with Crippen molar-refractivity contribution >= 4 is 39.9 Å². The van der Waals surface area contributed by atoms with Crippen LogP contribution in [0.1, 0.15) is 12.5 Å². The van der Waals surface area contributed by atoms with Crippen molar-refractivity contribution in [1.29, 1.82) is 0 Å². The van der Waals surface area contributed by atoms with Crippen molar-refractivity contribution in [3.8, 4) is 0 Å². The summed E-state index contributed by atoms with van der Waals surface area (Å²) in [6.07, 6.45) is 0. The van der Waals surface area contributed by atoms with Gasteiger partial charge in [0.15, 0.2) is 0 Å². The number of fused-ring (bicyclic) bond motifs is 1. The molecule has 0 aliphatic heterocycles. The number of nitrogens with zero attached hydrogens (tertiary/aromatic N) is 4. The van der Waals surface area contributed by atoms with Gasteiger partial charge in [-0.05, 0) is 28.5 Å². The van der Waals surface area contributed by atoms with E-state index in [4.69, 9.17) is 16.2 Å². The average Bonchev–Trinajstić information content (AvgIpc) is 3.02. The number of halogens is 1. The van der Waals surface area contributed by atoms with E-state index in [-0.39, 0.29) is 23.2 Å². The fourth-order valence-corrected chi connectivity index (χ4v) is 2.54. The molecule has 1 heterocycles. The lowest BCUT2D eigenvalue weighted by molar-refractivity contribution is -0.384. The molecule has 1 amide bonds. The van der Waals surface area contributed by atoms with Crippen molar-refractivity contribution in [1.82, 2.24) is 10.3 Å². The minimum atomic E-state index is -0.591. The van der Waals surface area contributed by atoms with Gasteiger partial charge in [0.25, 0.3) is 5.69 Å². The molecule has 0 N–H and O–H groups in total. The van der Waals surface area contributed by atoms with Gasteiger partial charge in [-0.15, -0.1) is 0 Å². The number of carbonyl (C=O) groups is 1.